The molecule has 0 bridgehead atoms. The fourth-order valence-electron chi connectivity index (χ4n) is 1.55. The zero-order chi connectivity index (χ0) is 14.7. The SMILES string of the molecule is Cc1nc(Nc2ccc(Cl)cn2)sc1C(=O)NC(C)C. The van der Waals surface area contributed by atoms with Crippen molar-refractivity contribution in [3.05, 3.63) is 33.9 Å². The minimum Gasteiger partial charge on any atom is -0.349 e. The molecule has 0 fully saturated rings. The number of nitrogens with one attached hydrogen (secondary N) is 2. The number of amides is 1. The molecule has 0 aromatic carbocycles. The second-order valence-corrected chi connectivity index (χ2v) is 5.98. The third kappa shape index (κ3) is 3.68. The van der Waals surface area contributed by atoms with Crippen molar-refractivity contribution in [3.8, 4) is 0 Å². The van der Waals surface area contributed by atoms with Crippen LogP contribution in [0, 0.1) is 6.92 Å². The average Bonchev–Trinajstić information content (AvgIpc) is 2.72. The number of aryl methyl sites for hydroxylation is 1. The minimum absolute atomic E-state index is 0.0957. The number of carbonyl (C=O) groups is 1. The zero-order valence-electron chi connectivity index (χ0n) is 11.4. The Labute approximate surface area is 126 Å². The summed E-state index contributed by atoms with van der Waals surface area (Å²) in [4.78, 5) is 21.1. The largest absolute Gasteiger partial charge is 0.349 e. The normalized spacial score (nSPS) is 10.7. The monoisotopic (exact) mass is 310 g/mol. The number of anilines is 2. The quantitative estimate of drug-likeness (QED) is 0.908. The molecular weight excluding hydrogens is 296 g/mol. The standard InChI is InChI=1S/C13H15ClN4OS/c1-7(2)16-12(19)11-8(3)17-13(20-11)18-10-5-4-9(14)6-15-10/h4-7H,1-3H3,(H,16,19)(H,15,17,18). The van der Waals surface area contributed by atoms with Gasteiger partial charge in [0.1, 0.15) is 10.7 Å². The first-order valence-corrected chi connectivity index (χ1v) is 7.32. The van der Waals surface area contributed by atoms with Crippen molar-refractivity contribution in [1.29, 1.82) is 0 Å². The van der Waals surface area contributed by atoms with E-state index >= 15 is 0 Å². The lowest BCUT2D eigenvalue weighted by Gasteiger charge is -2.06. The molecule has 2 heterocycles. The number of carbonyl (C=O) groups excluding carboxylic acids is 1. The highest BCUT2D eigenvalue weighted by Crippen LogP contribution is 2.25. The molecule has 0 aliphatic rings. The molecule has 0 radical (unpaired) electrons. The van der Waals surface area contributed by atoms with Gasteiger partial charge in [-0.3, -0.25) is 4.79 Å². The van der Waals surface area contributed by atoms with Gasteiger partial charge in [0, 0.05) is 12.2 Å². The Bertz CT molecular complexity index is 609. The van der Waals surface area contributed by atoms with E-state index in [0.29, 0.717) is 26.5 Å². The van der Waals surface area contributed by atoms with E-state index < -0.39 is 0 Å². The van der Waals surface area contributed by atoms with E-state index in [1.54, 1.807) is 18.3 Å². The van der Waals surface area contributed by atoms with Crippen LogP contribution in [0.2, 0.25) is 5.02 Å². The van der Waals surface area contributed by atoms with Crippen molar-refractivity contribution in [2.24, 2.45) is 0 Å². The molecular formula is C13H15ClN4OS. The second kappa shape index (κ2) is 6.19. The van der Waals surface area contributed by atoms with Gasteiger partial charge < -0.3 is 10.6 Å². The number of pyridine rings is 1. The van der Waals surface area contributed by atoms with E-state index in [2.05, 4.69) is 20.6 Å². The van der Waals surface area contributed by atoms with Gasteiger partial charge in [0.15, 0.2) is 5.13 Å². The Hall–Kier alpha value is -1.66. The van der Waals surface area contributed by atoms with Gasteiger partial charge in [-0.25, -0.2) is 9.97 Å². The van der Waals surface area contributed by atoms with Crippen LogP contribution in [0.5, 0.6) is 0 Å². The first-order chi connectivity index (χ1) is 9.45. The summed E-state index contributed by atoms with van der Waals surface area (Å²) in [6.07, 6.45) is 1.55. The predicted octanol–water partition coefficient (Wildman–Crippen LogP) is 3.38. The Morgan fingerprint density at radius 3 is 2.75 bits per heavy atom. The summed E-state index contributed by atoms with van der Waals surface area (Å²) in [5.74, 6) is 0.533. The minimum atomic E-state index is -0.105. The summed E-state index contributed by atoms with van der Waals surface area (Å²) in [7, 11) is 0. The van der Waals surface area contributed by atoms with Gasteiger partial charge in [-0.05, 0) is 32.9 Å². The number of aromatic nitrogens is 2. The van der Waals surface area contributed by atoms with Gasteiger partial charge in [-0.1, -0.05) is 22.9 Å². The smallest absolute Gasteiger partial charge is 0.263 e. The van der Waals surface area contributed by atoms with Crippen molar-refractivity contribution in [2.45, 2.75) is 26.8 Å². The van der Waals surface area contributed by atoms with Crippen LogP contribution < -0.4 is 10.6 Å². The topological polar surface area (TPSA) is 66.9 Å². The molecule has 0 aliphatic carbocycles. The van der Waals surface area contributed by atoms with Crippen LogP contribution >= 0.6 is 22.9 Å². The zero-order valence-corrected chi connectivity index (χ0v) is 13.0. The van der Waals surface area contributed by atoms with Crippen molar-refractivity contribution < 1.29 is 4.79 Å². The Kier molecular flexibility index (Phi) is 4.57. The van der Waals surface area contributed by atoms with Gasteiger partial charge >= 0.3 is 0 Å². The first kappa shape index (κ1) is 14.7. The molecule has 20 heavy (non-hydrogen) atoms. The lowest BCUT2D eigenvalue weighted by molar-refractivity contribution is 0.0946. The van der Waals surface area contributed by atoms with E-state index in [-0.39, 0.29) is 11.9 Å². The summed E-state index contributed by atoms with van der Waals surface area (Å²) in [5.41, 5.74) is 0.699. The summed E-state index contributed by atoms with van der Waals surface area (Å²) >= 11 is 7.08. The van der Waals surface area contributed by atoms with Crippen LogP contribution in [0.1, 0.15) is 29.2 Å². The molecule has 2 N–H and O–H groups in total. The number of nitrogens with zero attached hydrogens (tertiary/aromatic N) is 2. The van der Waals surface area contributed by atoms with E-state index in [9.17, 15) is 4.79 Å². The Balaban J connectivity index is 2.14. The highest BCUT2D eigenvalue weighted by molar-refractivity contribution is 7.17. The molecule has 0 unspecified atom stereocenters. The van der Waals surface area contributed by atoms with Gasteiger partial charge in [-0.15, -0.1) is 0 Å². The summed E-state index contributed by atoms with van der Waals surface area (Å²) in [5, 5.41) is 7.12. The molecule has 0 aliphatic heterocycles. The van der Waals surface area contributed by atoms with Crippen LogP contribution in [0.4, 0.5) is 10.9 Å². The molecule has 2 rings (SSSR count). The maximum Gasteiger partial charge on any atom is 0.263 e. The van der Waals surface area contributed by atoms with Crippen LogP contribution in [0.15, 0.2) is 18.3 Å². The van der Waals surface area contributed by atoms with Gasteiger partial charge in [-0.2, -0.15) is 0 Å². The predicted molar refractivity (Wildman–Crippen MR) is 82.0 cm³/mol. The number of halogens is 1. The fraction of sp³-hybridized carbons (Fsp3) is 0.308. The molecule has 0 spiro atoms. The fourth-order valence-corrected chi connectivity index (χ4v) is 2.54. The van der Waals surface area contributed by atoms with Gasteiger partial charge in [0.05, 0.1) is 10.7 Å². The number of rotatable bonds is 4. The van der Waals surface area contributed by atoms with Crippen LogP contribution in [-0.2, 0) is 0 Å². The van der Waals surface area contributed by atoms with Crippen molar-refractivity contribution in [2.75, 3.05) is 5.32 Å². The van der Waals surface area contributed by atoms with E-state index in [4.69, 9.17) is 11.6 Å². The summed E-state index contributed by atoms with van der Waals surface area (Å²) in [6, 6.07) is 3.59. The molecule has 2 aromatic rings. The molecule has 7 heteroatoms. The van der Waals surface area contributed by atoms with Crippen LogP contribution in [-0.4, -0.2) is 21.9 Å². The van der Waals surface area contributed by atoms with Crippen molar-refractivity contribution in [1.82, 2.24) is 15.3 Å². The third-order valence-corrected chi connectivity index (χ3v) is 3.68. The van der Waals surface area contributed by atoms with E-state index in [1.807, 2.05) is 20.8 Å². The maximum atomic E-state index is 12.0. The molecule has 0 atom stereocenters. The number of hydrogen-bond donors (Lipinski definition) is 2. The third-order valence-electron chi connectivity index (χ3n) is 2.38. The molecule has 0 saturated carbocycles. The van der Waals surface area contributed by atoms with Crippen molar-refractivity contribution in [3.63, 3.8) is 0 Å². The first-order valence-electron chi connectivity index (χ1n) is 6.12. The number of hydrogen-bond acceptors (Lipinski definition) is 5. The summed E-state index contributed by atoms with van der Waals surface area (Å²) < 4.78 is 0. The van der Waals surface area contributed by atoms with Gasteiger partial charge in [0.2, 0.25) is 0 Å². The lowest BCUT2D eigenvalue weighted by atomic mass is 10.3. The number of thiazole rings is 1. The lowest BCUT2D eigenvalue weighted by Crippen LogP contribution is -2.29. The van der Waals surface area contributed by atoms with E-state index in [1.165, 1.54) is 11.3 Å². The van der Waals surface area contributed by atoms with Crippen molar-refractivity contribution >= 4 is 39.8 Å². The molecule has 5 nitrogen and oxygen atoms in total. The Morgan fingerprint density at radius 1 is 1.40 bits per heavy atom. The van der Waals surface area contributed by atoms with Crippen LogP contribution in [0.25, 0.3) is 0 Å². The molecule has 1 amide bonds. The van der Waals surface area contributed by atoms with E-state index in [0.717, 1.165) is 0 Å². The molecule has 2 aromatic heterocycles. The van der Waals surface area contributed by atoms with Crippen LogP contribution in [0.3, 0.4) is 0 Å². The molecule has 106 valence electrons. The average molecular weight is 311 g/mol. The highest BCUT2D eigenvalue weighted by atomic mass is 35.5. The highest BCUT2D eigenvalue weighted by Gasteiger charge is 2.16. The summed E-state index contributed by atoms with van der Waals surface area (Å²) in [6.45, 7) is 5.66. The Morgan fingerprint density at radius 2 is 2.15 bits per heavy atom. The maximum absolute atomic E-state index is 12.0. The molecule has 0 saturated heterocycles. The second-order valence-electron chi connectivity index (χ2n) is 4.55. The van der Waals surface area contributed by atoms with Gasteiger partial charge in [0.25, 0.3) is 5.91 Å².